The van der Waals surface area contributed by atoms with E-state index >= 15 is 0 Å². The Morgan fingerprint density at radius 3 is 2.31 bits per heavy atom. The van der Waals surface area contributed by atoms with Gasteiger partial charge in [0, 0.05) is 3.92 Å². The summed E-state index contributed by atoms with van der Waals surface area (Å²) >= 11 is 2.43. The van der Waals surface area contributed by atoms with Gasteiger partial charge in [0.1, 0.15) is 5.75 Å². The van der Waals surface area contributed by atoms with Gasteiger partial charge in [-0.1, -0.05) is 28.7 Å². The van der Waals surface area contributed by atoms with Crippen LogP contribution in [0.1, 0.15) is 27.5 Å². The maximum Gasteiger partial charge on any atom is 0.122 e. The summed E-state index contributed by atoms with van der Waals surface area (Å²) in [6.07, 6.45) is 0. The van der Waals surface area contributed by atoms with E-state index in [0.717, 1.165) is 5.75 Å². The van der Waals surface area contributed by atoms with E-state index in [0.29, 0.717) is 3.92 Å². The molecule has 0 aliphatic carbocycles. The molecule has 1 unspecified atom stereocenters. The molecule has 0 radical (unpaired) electrons. The lowest BCUT2D eigenvalue weighted by Crippen LogP contribution is -1.95. The number of hydrogen-bond donors (Lipinski definition) is 0. The molecule has 0 N–H and O–H groups in total. The summed E-state index contributed by atoms with van der Waals surface area (Å²) in [5.74, 6) is 0.985. The molecule has 0 heterocycles. The van der Waals surface area contributed by atoms with Crippen LogP contribution in [-0.4, -0.2) is 7.11 Å². The summed E-state index contributed by atoms with van der Waals surface area (Å²) in [6.45, 7) is 6.47. The second kappa shape index (κ2) is 4.31. The van der Waals surface area contributed by atoms with Gasteiger partial charge in [0.25, 0.3) is 0 Å². The van der Waals surface area contributed by atoms with Crippen molar-refractivity contribution in [2.45, 2.75) is 24.7 Å². The van der Waals surface area contributed by atoms with E-state index in [1.165, 1.54) is 16.7 Å². The Morgan fingerprint density at radius 2 is 1.85 bits per heavy atom. The number of methoxy groups -OCH3 is 1. The third-order valence-electron chi connectivity index (χ3n) is 2.43. The van der Waals surface area contributed by atoms with Crippen molar-refractivity contribution in [3.63, 3.8) is 0 Å². The predicted molar refractivity (Wildman–Crippen MR) is 64.9 cm³/mol. The van der Waals surface area contributed by atoms with Crippen LogP contribution in [-0.2, 0) is 0 Å². The quantitative estimate of drug-likeness (QED) is 0.594. The third kappa shape index (κ3) is 2.16. The average molecular weight is 290 g/mol. The lowest BCUT2D eigenvalue weighted by atomic mass is 10.0. The van der Waals surface area contributed by atoms with Gasteiger partial charge in [-0.25, -0.2) is 0 Å². The summed E-state index contributed by atoms with van der Waals surface area (Å²) in [5, 5.41) is 0. The maximum atomic E-state index is 5.26. The minimum Gasteiger partial charge on any atom is -0.496 e. The molecule has 0 aliphatic rings. The van der Waals surface area contributed by atoms with Gasteiger partial charge in [-0.05, 0) is 43.5 Å². The second-order valence-corrected chi connectivity index (χ2v) is 5.09. The van der Waals surface area contributed by atoms with Crippen molar-refractivity contribution in [3.05, 3.63) is 28.8 Å². The van der Waals surface area contributed by atoms with Crippen molar-refractivity contribution < 1.29 is 4.74 Å². The van der Waals surface area contributed by atoms with Crippen LogP contribution in [0, 0.1) is 13.8 Å². The topological polar surface area (TPSA) is 9.23 Å². The van der Waals surface area contributed by atoms with Crippen molar-refractivity contribution in [1.82, 2.24) is 0 Å². The van der Waals surface area contributed by atoms with E-state index in [1.54, 1.807) is 7.11 Å². The van der Waals surface area contributed by atoms with E-state index in [4.69, 9.17) is 4.74 Å². The van der Waals surface area contributed by atoms with Crippen molar-refractivity contribution in [3.8, 4) is 5.75 Å². The highest BCUT2D eigenvalue weighted by molar-refractivity contribution is 14.1. The van der Waals surface area contributed by atoms with Crippen LogP contribution in [0.2, 0.25) is 0 Å². The Hall–Kier alpha value is -0.250. The molecule has 72 valence electrons. The van der Waals surface area contributed by atoms with E-state index in [1.807, 2.05) is 6.07 Å². The Morgan fingerprint density at radius 1 is 1.23 bits per heavy atom. The third-order valence-corrected chi connectivity index (χ3v) is 3.10. The van der Waals surface area contributed by atoms with Gasteiger partial charge >= 0.3 is 0 Å². The summed E-state index contributed by atoms with van der Waals surface area (Å²) in [4.78, 5) is 0. The van der Waals surface area contributed by atoms with E-state index in [-0.39, 0.29) is 0 Å². The molecule has 0 aliphatic heterocycles. The molecule has 0 saturated carbocycles. The van der Waals surface area contributed by atoms with E-state index < -0.39 is 0 Å². The number of benzene rings is 1. The minimum atomic E-state index is 0.558. The molecule has 1 atom stereocenters. The van der Waals surface area contributed by atoms with Crippen LogP contribution in [0.3, 0.4) is 0 Å². The highest BCUT2D eigenvalue weighted by atomic mass is 127. The van der Waals surface area contributed by atoms with E-state index in [9.17, 15) is 0 Å². The molecular formula is C11H15IO. The molecule has 0 bridgehead atoms. The zero-order valence-electron chi connectivity index (χ0n) is 8.52. The fraction of sp³-hybridized carbons (Fsp3) is 0.455. The van der Waals surface area contributed by atoms with Gasteiger partial charge in [-0.15, -0.1) is 0 Å². The van der Waals surface area contributed by atoms with Crippen LogP contribution >= 0.6 is 22.6 Å². The van der Waals surface area contributed by atoms with Crippen molar-refractivity contribution >= 4 is 22.6 Å². The van der Waals surface area contributed by atoms with Crippen LogP contribution < -0.4 is 4.74 Å². The van der Waals surface area contributed by atoms with Crippen LogP contribution in [0.25, 0.3) is 0 Å². The van der Waals surface area contributed by atoms with Crippen LogP contribution in [0.15, 0.2) is 12.1 Å². The summed E-state index contributed by atoms with van der Waals surface area (Å²) in [7, 11) is 1.72. The first-order valence-corrected chi connectivity index (χ1v) is 5.60. The smallest absolute Gasteiger partial charge is 0.122 e. The second-order valence-electron chi connectivity index (χ2n) is 3.22. The number of alkyl halides is 1. The largest absolute Gasteiger partial charge is 0.496 e. The number of ether oxygens (including phenoxy) is 1. The fourth-order valence-electron chi connectivity index (χ4n) is 1.47. The molecule has 0 amide bonds. The normalized spacial score (nSPS) is 12.7. The number of halogens is 1. The Balaban J connectivity index is 3.23. The molecule has 1 nitrogen and oxygen atoms in total. The molecule has 0 saturated heterocycles. The van der Waals surface area contributed by atoms with Gasteiger partial charge in [0.05, 0.1) is 7.11 Å². The molecule has 0 fully saturated rings. The lowest BCUT2D eigenvalue weighted by molar-refractivity contribution is 0.411. The first kappa shape index (κ1) is 10.8. The van der Waals surface area contributed by atoms with E-state index in [2.05, 4.69) is 49.4 Å². The fourth-order valence-corrected chi connectivity index (χ4v) is 2.14. The van der Waals surface area contributed by atoms with Crippen LogP contribution in [0.5, 0.6) is 5.75 Å². The van der Waals surface area contributed by atoms with Gasteiger partial charge in [-0.2, -0.15) is 0 Å². The van der Waals surface area contributed by atoms with Gasteiger partial charge < -0.3 is 4.74 Å². The Bertz CT molecular complexity index is 305. The predicted octanol–water partition coefficient (Wildman–Crippen LogP) is 3.81. The highest BCUT2D eigenvalue weighted by Gasteiger charge is 2.09. The standard InChI is InChI=1S/C11H15IO/c1-7-8(2)11(13-4)6-5-10(7)9(3)12/h5-6,9H,1-4H3. The summed E-state index contributed by atoms with van der Waals surface area (Å²) in [6, 6.07) is 4.20. The minimum absolute atomic E-state index is 0.558. The first-order valence-electron chi connectivity index (χ1n) is 4.36. The monoisotopic (exact) mass is 290 g/mol. The molecule has 1 aromatic rings. The highest BCUT2D eigenvalue weighted by Crippen LogP contribution is 2.31. The van der Waals surface area contributed by atoms with Crippen molar-refractivity contribution in [1.29, 1.82) is 0 Å². The van der Waals surface area contributed by atoms with Gasteiger partial charge in [-0.3, -0.25) is 0 Å². The number of rotatable bonds is 2. The molecule has 1 rings (SSSR count). The lowest BCUT2D eigenvalue weighted by Gasteiger charge is -2.13. The summed E-state index contributed by atoms with van der Waals surface area (Å²) < 4.78 is 5.82. The van der Waals surface area contributed by atoms with Gasteiger partial charge in [0.15, 0.2) is 0 Å². The zero-order chi connectivity index (χ0) is 10.0. The molecule has 0 aromatic heterocycles. The first-order chi connectivity index (χ1) is 6.07. The zero-order valence-corrected chi connectivity index (χ0v) is 10.7. The molecule has 13 heavy (non-hydrogen) atoms. The maximum absolute atomic E-state index is 5.26. The van der Waals surface area contributed by atoms with Crippen LogP contribution in [0.4, 0.5) is 0 Å². The SMILES string of the molecule is COc1ccc(C(C)I)c(C)c1C. The Kier molecular flexibility index (Phi) is 3.59. The van der Waals surface area contributed by atoms with Crippen molar-refractivity contribution in [2.24, 2.45) is 0 Å². The van der Waals surface area contributed by atoms with Crippen molar-refractivity contribution in [2.75, 3.05) is 7.11 Å². The summed E-state index contributed by atoms with van der Waals surface area (Å²) in [5.41, 5.74) is 4.00. The van der Waals surface area contributed by atoms with Gasteiger partial charge in [0.2, 0.25) is 0 Å². The average Bonchev–Trinajstić information content (AvgIpc) is 2.09. The molecular weight excluding hydrogens is 275 g/mol. The molecule has 2 heteroatoms. The molecule has 1 aromatic carbocycles. The Labute approximate surface area is 93.6 Å². The molecule has 0 spiro atoms. The number of hydrogen-bond acceptors (Lipinski definition) is 1.